The van der Waals surface area contributed by atoms with Crippen LogP contribution < -0.4 is 4.90 Å². The molecule has 0 aromatic carbocycles. The van der Waals surface area contributed by atoms with Crippen molar-refractivity contribution in [3.8, 4) is 6.07 Å². The molecule has 0 N–H and O–H groups in total. The van der Waals surface area contributed by atoms with Gasteiger partial charge >= 0.3 is 5.97 Å². The molecule has 1 saturated heterocycles. The summed E-state index contributed by atoms with van der Waals surface area (Å²) in [6.45, 7) is 1.46. The van der Waals surface area contributed by atoms with E-state index < -0.39 is 0 Å². The van der Waals surface area contributed by atoms with Crippen LogP contribution in [0.4, 0.5) is 5.82 Å². The number of carbonyl (C=O) groups is 1. The average Bonchev–Trinajstić information content (AvgIpc) is 3.04. The molecule has 1 saturated carbocycles. The van der Waals surface area contributed by atoms with Crippen LogP contribution in [0.3, 0.4) is 0 Å². The minimum absolute atomic E-state index is 0.0982. The zero-order chi connectivity index (χ0) is 14.2. The van der Waals surface area contributed by atoms with Crippen molar-refractivity contribution in [2.75, 3.05) is 25.1 Å². The first kappa shape index (κ1) is 12.9. The minimum atomic E-state index is -0.376. The Balaban J connectivity index is 1.89. The van der Waals surface area contributed by atoms with E-state index >= 15 is 0 Å². The van der Waals surface area contributed by atoms with Gasteiger partial charge in [0.15, 0.2) is 0 Å². The molecule has 2 unspecified atom stereocenters. The van der Waals surface area contributed by atoms with E-state index in [1.54, 1.807) is 6.07 Å². The van der Waals surface area contributed by atoms with E-state index in [-0.39, 0.29) is 11.4 Å². The largest absolute Gasteiger partial charge is 0.469 e. The van der Waals surface area contributed by atoms with Gasteiger partial charge in [-0.1, -0.05) is 12.5 Å². The topological polar surface area (TPSA) is 66.2 Å². The van der Waals surface area contributed by atoms with E-state index in [0.717, 1.165) is 31.6 Å². The van der Waals surface area contributed by atoms with Gasteiger partial charge in [-0.2, -0.15) is 5.26 Å². The third-order valence-electron chi connectivity index (χ3n) is 4.64. The van der Waals surface area contributed by atoms with Crippen LogP contribution in [-0.4, -0.2) is 31.2 Å². The second-order valence-corrected chi connectivity index (χ2v) is 5.61. The normalized spacial score (nSPS) is 28.0. The Hall–Kier alpha value is -2.09. The SMILES string of the molecule is COC(=O)C12CCCC1CN(c1cccc(C#N)n1)C2. The number of nitriles is 1. The molecule has 1 aromatic rings. The van der Waals surface area contributed by atoms with Crippen molar-refractivity contribution in [1.82, 2.24) is 4.98 Å². The maximum Gasteiger partial charge on any atom is 0.313 e. The molecule has 2 heterocycles. The average molecular weight is 271 g/mol. The summed E-state index contributed by atoms with van der Waals surface area (Å²) in [5.74, 6) is 1.02. The number of methoxy groups -OCH3 is 1. The van der Waals surface area contributed by atoms with Gasteiger partial charge in [0.05, 0.1) is 12.5 Å². The number of ether oxygens (including phenoxy) is 1. The van der Waals surface area contributed by atoms with Crippen LogP contribution in [0.15, 0.2) is 18.2 Å². The lowest BCUT2D eigenvalue weighted by atomic mass is 9.81. The molecule has 3 rings (SSSR count). The van der Waals surface area contributed by atoms with E-state index in [1.807, 2.05) is 12.1 Å². The van der Waals surface area contributed by atoms with Gasteiger partial charge in [-0.15, -0.1) is 0 Å². The van der Waals surface area contributed by atoms with Crippen LogP contribution in [-0.2, 0) is 9.53 Å². The van der Waals surface area contributed by atoms with Gasteiger partial charge in [-0.3, -0.25) is 4.79 Å². The van der Waals surface area contributed by atoms with E-state index in [2.05, 4.69) is 16.0 Å². The summed E-state index contributed by atoms with van der Waals surface area (Å²) in [5, 5.41) is 8.94. The quantitative estimate of drug-likeness (QED) is 0.766. The molecular weight excluding hydrogens is 254 g/mol. The van der Waals surface area contributed by atoms with E-state index in [1.165, 1.54) is 7.11 Å². The maximum absolute atomic E-state index is 12.2. The summed E-state index contributed by atoms with van der Waals surface area (Å²) in [7, 11) is 1.46. The number of hydrogen-bond acceptors (Lipinski definition) is 5. The highest BCUT2D eigenvalue weighted by atomic mass is 16.5. The molecule has 0 radical (unpaired) electrons. The van der Waals surface area contributed by atoms with Crippen LogP contribution in [0.2, 0.25) is 0 Å². The highest BCUT2D eigenvalue weighted by molar-refractivity contribution is 5.79. The lowest BCUT2D eigenvalue weighted by Gasteiger charge is -2.25. The van der Waals surface area contributed by atoms with E-state index in [0.29, 0.717) is 18.2 Å². The molecule has 2 aliphatic rings. The first-order chi connectivity index (χ1) is 9.69. The standard InChI is InChI=1S/C15H17N3O2/c1-20-14(19)15-7-3-4-11(15)9-18(10-15)13-6-2-5-12(8-16)17-13/h2,5-6,11H,3-4,7,9-10H2,1H3. The van der Waals surface area contributed by atoms with Crippen molar-refractivity contribution in [2.45, 2.75) is 19.3 Å². The third-order valence-corrected chi connectivity index (χ3v) is 4.64. The Morgan fingerprint density at radius 3 is 3.20 bits per heavy atom. The molecule has 5 nitrogen and oxygen atoms in total. The van der Waals surface area contributed by atoms with Gasteiger partial charge in [-0.05, 0) is 30.9 Å². The van der Waals surface area contributed by atoms with E-state index in [4.69, 9.17) is 10.00 Å². The Morgan fingerprint density at radius 1 is 1.60 bits per heavy atom. The minimum Gasteiger partial charge on any atom is -0.469 e. The Morgan fingerprint density at radius 2 is 2.45 bits per heavy atom. The molecule has 0 spiro atoms. The van der Waals surface area contributed by atoms with Gasteiger partial charge in [-0.25, -0.2) is 4.98 Å². The smallest absolute Gasteiger partial charge is 0.313 e. The highest BCUT2D eigenvalue weighted by Crippen LogP contribution is 2.50. The monoisotopic (exact) mass is 271 g/mol. The molecule has 0 bridgehead atoms. The number of nitrogens with zero attached hydrogens (tertiary/aromatic N) is 3. The van der Waals surface area contributed by atoms with Crippen molar-refractivity contribution in [3.63, 3.8) is 0 Å². The molecular formula is C15H17N3O2. The van der Waals surface area contributed by atoms with Crippen molar-refractivity contribution in [1.29, 1.82) is 5.26 Å². The van der Waals surface area contributed by atoms with Crippen molar-refractivity contribution in [2.24, 2.45) is 11.3 Å². The second kappa shape index (κ2) is 4.78. The zero-order valence-electron chi connectivity index (χ0n) is 11.5. The molecule has 1 aliphatic heterocycles. The van der Waals surface area contributed by atoms with Crippen molar-refractivity contribution < 1.29 is 9.53 Å². The first-order valence-electron chi connectivity index (χ1n) is 6.90. The number of anilines is 1. The Labute approximate surface area is 118 Å². The molecule has 1 aliphatic carbocycles. The second-order valence-electron chi connectivity index (χ2n) is 5.61. The summed E-state index contributed by atoms with van der Waals surface area (Å²) in [4.78, 5) is 18.6. The molecule has 5 heteroatoms. The van der Waals surface area contributed by atoms with Gasteiger partial charge in [0, 0.05) is 13.1 Å². The molecule has 20 heavy (non-hydrogen) atoms. The summed E-state index contributed by atoms with van der Waals surface area (Å²) < 4.78 is 5.03. The first-order valence-corrected chi connectivity index (χ1v) is 6.90. The summed E-state index contributed by atoms with van der Waals surface area (Å²) in [5.41, 5.74) is 0.0330. The molecule has 2 fully saturated rings. The zero-order valence-corrected chi connectivity index (χ0v) is 11.5. The number of carbonyl (C=O) groups excluding carboxylic acids is 1. The number of rotatable bonds is 2. The number of fused-ring (bicyclic) bond motifs is 1. The van der Waals surface area contributed by atoms with E-state index in [9.17, 15) is 4.79 Å². The van der Waals surface area contributed by atoms with Gasteiger partial charge in [0.2, 0.25) is 0 Å². The lowest BCUT2D eigenvalue weighted by Crippen LogP contribution is -2.37. The Bertz CT molecular complexity index is 581. The maximum atomic E-state index is 12.2. The van der Waals surface area contributed by atoms with Crippen LogP contribution >= 0.6 is 0 Å². The van der Waals surface area contributed by atoms with Crippen LogP contribution in [0.5, 0.6) is 0 Å². The summed E-state index contributed by atoms with van der Waals surface area (Å²) in [6, 6.07) is 7.48. The van der Waals surface area contributed by atoms with Crippen LogP contribution in [0, 0.1) is 22.7 Å². The fraction of sp³-hybridized carbons (Fsp3) is 0.533. The van der Waals surface area contributed by atoms with Crippen LogP contribution in [0.1, 0.15) is 25.0 Å². The number of hydrogen-bond donors (Lipinski definition) is 0. The molecule has 2 atom stereocenters. The fourth-order valence-electron chi connectivity index (χ4n) is 3.66. The molecule has 0 amide bonds. The van der Waals surface area contributed by atoms with Gasteiger partial charge in [0.25, 0.3) is 0 Å². The highest BCUT2D eigenvalue weighted by Gasteiger charge is 2.55. The molecule has 104 valence electrons. The van der Waals surface area contributed by atoms with Crippen molar-refractivity contribution >= 4 is 11.8 Å². The van der Waals surface area contributed by atoms with Gasteiger partial charge < -0.3 is 9.64 Å². The number of aromatic nitrogens is 1. The fourth-order valence-corrected chi connectivity index (χ4v) is 3.66. The number of pyridine rings is 1. The van der Waals surface area contributed by atoms with Crippen LogP contribution in [0.25, 0.3) is 0 Å². The number of esters is 1. The predicted octanol–water partition coefficient (Wildman–Crippen LogP) is 1.73. The Kier molecular flexibility index (Phi) is 3.09. The third kappa shape index (κ3) is 1.83. The van der Waals surface area contributed by atoms with Crippen molar-refractivity contribution in [3.05, 3.63) is 23.9 Å². The molecule has 1 aromatic heterocycles. The lowest BCUT2D eigenvalue weighted by molar-refractivity contribution is -0.152. The predicted molar refractivity (Wildman–Crippen MR) is 73.0 cm³/mol. The van der Waals surface area contributed by atoms with Gasteiger partial charge in [0.1, 0.15) is 17.6 Å². The summed E-state index contributed by atoms with van der Waals surface area (Å²) >= 11 is 0. The summed E-state index contributed by atoms with van der Waals surface area (Å²) in [6.07, 6.45) is 3.03.